The fourth-order valence-corrected chi connectivity index (χ4v) is 4.38. The van der Waals surface area contributed by atoms with E-state index in [2.05, 4.69) is 20.7 Å². The van der Waals surface area contributed by atoms with E-state index < -0.39 is 22.0 Å². The molecule has 0 amide bonds. The molecule has 0 aliphatic rings. The number of hydrogen-bond donors (Lipinski definition) is 2. The molecule has 0 aliphatic heterocycles. The number of nitrogens with one attached hydrogen (secondary N) is 1. The third-order valence-corrected chi connectivity index (χ3v) is 5.85. The van der Waals surface area contributed by atoms with Gasteiger partial charge in [-0.1, -0.05) is 24.3 Å². The van der Waals surface area contributed by atoms with Crippen molar-refractivity contribution < 1.29 is 23.1 Å². The third kappa shape index (κ3) is 5.29. The molecule has 2 rings (SSSR count). The molecule has 6 nitrogen and oxygen atoms in total. The number of phenols is 1. The van der Waals surface area contributed by atoms with Gasteiger partial charge in [0.15, 0.2) is 0 Å². The van der Waals surface area contributed by atoms with Crippen LogP contribution in [0.25, 0.3) is 0 Å². The molecule has 0 heterocycles. The van der Waals surface area contributed by atoms with Gasteiger partial charge in [0.05, 0.1) is 11.5 Å². The number of carbonyl (C=O) groups is 1. The fourth-order valence-electron chi connectivity index (χ4n) is 2.20. The van der Waals surface area contributed by atoms with E-state index in [1.807, 2.05) is 0 Å². The summed E-state index contributed by atoms with van der Waals surface area (Å²) in [5.41, 5.74) is 0.686. The molecular weight excluding hydrogens is 410 g/mol. The SMILES string of the molecule is CCOC(=O)C(Cc1ccc(O)cc1)NS(=O)(=O)c1ccccc1Br. The zero-order valence-corrected chi connectivity index (χ0v) is 15.9. The van der Waals surface area contributed by atoms with Crippen LogP contribution >= 0.6 is 15.9 Å². The van der Waals surface area contributed by atoms with Crippen molar-refractivity contribution in [2.24, 2.45) is 0 Å². The second kappa shape index (κ2) is 8.46. The fraction of sp³-hybridized carbons (Fsp3) is 0.235. The topological polar surface area (TPSA) is 92.7 Å². The van der Waals surface area contributed by atoms with Crippen molar-refractivity contribution in [2.45, 2.75) is 24.3 Å². The number of benzene rings is 2. The average Bonchev–Trinajstić information content (AvgIpc) is 2.56. The van der Waals surface area contributed by atoms with Crippen LogP contribution in [-0.4, -0.2) is 32.1 Å². The highest BCUT2D eigenvalue weighted by molar-refractivity contribution is 9.10. The van der Waals surface area contributed by atoms with Crippen LogP contribution in [-0.2, 0) is 26.0 Å². The van der Waals surface area contributed by atoms with Crippen LogP contribution < -0.4 is 4.72 Å². The largest absolute Gasteiger partial charge is 0.508 e. The maximum Gasteiger partial charge on any atom is 0.324 e. The number of halogens is 1. The van der Waals surface area contributed by atoms with Crippen molar-refractivity contribution >= 4 is 31.9 Å². The van der Waals surface area contributed by atoms with Crippen LogP contribution in [0.1, 0.15) is 12.5 Å². The van der Waals surface area contributed by atoms with Gasteiger partial charge < -0.3 is 9.84 Å². The summed E-state index contributed by atoms with van der Waals surface area (Å²) in [4.78, 5) is 12.2. The van der Waals surface area contributed by atoms with Crippen LogP contribution in [0.2, 0.25) is 0 Å². The summed E-state index contributed by atoms with van der Waals surface area (Å²) < 4.78 is 33.0. The molecule has 2 aromatic carbocycles. The minimum absolute atomic E-state index is 0.0370. The second-order valence-corrected chi connectivity index (χ2v) is 7.76. The number of carbonyl (C=O) groups excluding carboxylic acids is 1. The Morgan fingerprint density at radius 2 is 1.84 bits per heavy atom. The first-order valence-electron chi connectivity index (χ1n) is 7.55. The van der Waals surface area contributed by atoms with Gasteiger partial charge in [0.2, 0.25) is 10.0 Å². The van der Waals surface area contributed by atoms with E-state index in [4.69, 9.17) is 4.74 Å². The van der Waals surface area contributed by atoms with E-state index in [1.54, 1.807) is 37.3 Å². The van der Waals surface area contributed by atoms with Gasteiger partial charge in [-0.25, -0.2) is 8.42 Å². The molecule has 0 saturated carbocycles. The quantitative estimate of drug-likeness (QED) is 0.662. The van der Waals surface area contributed by atoms with Gasteiger partial charge in [0.1, 0.15) is 11.8 Å². The third-order valence-electron chi connectivity index (χ3n) is 3.37. The molecule has 25 heavy (non-hydrogen) atoms. The monoisotopic (exact) mass is 427 g/mol. The molecule has 0 aliphatic carbocycles. The Hall–Kier alpha value is -1.90. The Morgan fingerprint density at radius 3 is 2.44 bits per heavy atom. The summed E-state index contributed by atoms with van der Waals surface area (Å²) in [6.07, 6.45) is 0.1000. The molecule has 1 atom stereocenters. The normalized spacial score (nSPS) is 12.6. The molecule has 2 N–H and O–H groups in total. The van der Waals surface area contributed by atoms with E-state index in [1.165, 1.54) is 18.2 Å². The Balaban J connectivity index is 2.28. The summed E-state index contributed by atoms with van der Waals surface area (Å²) in [5, 5.41) is 9.34. The Labute approximate surface area is 155 Å². The van der Waals surface area contributed by atoms with E-state index in [0.717, 1.165) is 0 Å². The van der Waals surface area contributed by atoms with Gasteiger partial charge in [-0.15, -0.1) is 0 Å². The average molecular weight is 428 g/mol. The van der Waals surface area contributed by atoms with Gasteiger partial charge in [-0.05, 0) is 59.1 Å². The first-order valence-corrected chi connectivity index (χ1v) is 9.82. The van der Waals surface area contributed by atoms with Crippen molar-refractivity contribution in [1.29, 1.82) is 0 Å². The zero-order chi connectivity index (χ0) is 18.4. The lowest BCUT2D eigenvalue weighted by molar-refractivity contribution is -0.145. The van der Waals surface area contributed by atoms with Crippen molar-refractivity contribution in [3.05, 3.63) is 58.6 Å². The lowest BCUT2D eigenvalue weighted by Crippen LogP contribution is -2.43. The molecule has 2 aromatic rings. The van der Waals surface area contributed by atoms with Crippen molar-refractivity contribution in [1.82, 2.24) is 4.72 Å². The molecule has 0 radical (unpaired) electrons. The van der Waals surface area contributed by atoms with Crippen molar-refractivity contribution in [3.63, 3.8) is 0 Å². The Kier molecular flexibility index (Phi) is 6.57. The Bertz CT molecular complexity index is 836. The molecule has 134 valence electrons. The van der Waals surface area contributed by atoms with Gasteiger partial charge in [0, 0.05) is 4.47 Å². The standard InChI is InChI=1S/C17H18BrNO5S/c1-2-24-17(21)15(11-12-7-9-13(20)10-8-12)19-25(22,23)16-6-4-3-5-14(16)18/h3-10,15,19-20H,2,11H2,1H3. The van der Waals surface area contributed by atoms with E-state index in [0.29, 0.717) is 10.0 Å². The van der Waals surface area contributed by atoms with E-state index >= 15 is 0 Å². The van der Waals surface area contributed by atoms with E-state index in [9.17, 15) is 18.3 Å². The first-order chi connectivity index (χ1) is 11.8. The number of esters is 1. The van der Waals surface area contributed by atoms with Crippen LogP contribution in [0.5, 0.6) is 5.75 Å². The lowest BCUT2D eigenvalue weighted by Gasteiger charge is -2.18. The highest BCUT2D eigenvalue weighted by Gasteiger charge is 2.28. The predicted molar refractivity (Wildman–Crippen MR) is 96.7 cm³/mol. The van der Waals surface area contributed by atoms with Crippen molar-refractivity contribution in [2.75, 3.05) is 6.61 Å². The summed E-state index contributed by atoms with van der Waals surface area (Å²) in [6.45, 7) is 1.79. The van der Waals surface area contributed by atoms with Crippen LogP contribution in [0.3, 0.4) is 0 Å². The molecular formula is C17H18BrNO5S. The summed E-state index contributed by atoms with van der Waals surface area (Å²) >= 11 is 3.20. The van der Waals surface area contributed by atoms with Crippen LogP contribution in [0.4, 0.5) is 0 Å². The molecule has 1 unspecified atom stereocenters. The molecule has 8 heteroatoms. The number of hydrogen-bond acceptors (Lipinski definition) is 5. The lowest BCUT2D eigenvalue weighted by atomic mass is 10.1. The van der Waals surface area contributed by atoms with Gasteiger partial charge in [-0.2, -0.15) is 4.72 Å². The maximum absolute atomic E-state index is 12.6. The smallest absolute Gasteiger partial charge is 0.324 e. The van der Waals surface area contributed by atoms with E-state index in [-0.39, 0.29) is 23.7 Å². The predicted octanol–water partition coefficient (Wildman–Crippen LogP) is 2.61. The molecule has 0 bridgehead atoms. The molecule has 0 spiro atoms. The summed E-state index contributed by atoms with van der Waals surface area (Å²) in [6, 6.07) is 11.4. The van der Waals surface area contributed by atoms with Crippen LogP contribution in [0, 0.1) is 0 Å². The molecule has 0 aromatic heterocycles. The van der Waals surface area contributed by atoms with Gasteiger partial charge in [-0.3, -0.25) is 4.79 Å². The minimum atomic E-state index is -3.93. The number of sulfonamides is 1. The zero-order valence-electron chi connectivity index (χ0n) is 13.5. The number of phenolic OH excluding ortho intramolecular Hbond substituents is 1. The van der Waals surface area contributed by atoms with Gasteiger partial charge in [0.25, 0.3) is 0 Å². The molecule has 0 fully saturated rings. The Morgan fingerprint density at radius 1 is 1.20 bits per heavy atom. The van der Waals surface area contributed by atoms with Gasteiger partial charge >= 0.3 is 5.97 Å². The van der Waals surface area contributed by atoms with Crippen molar-refractivity contribution in [3.8, 4) is 5.75 Å². The second-order valence-electron chi connectivity index (χ2n) is 5.23. The number of aromatic hydroxyl groups is 1. The number of ether oxygens (including phenoxy) is 1. The summed E-state index contributed by atoms with van der Waals surface area (Å²) in [7, 11) is -3.93. The molecule has 0 saturated heterocycles. The number of rotatable bonds is 7. The first kappa shape index (κ1) is 19.4. The highest BCUT2D eigenvalue weighted by Crippen LogP contribution is 2.22. The van der Waals surface area contributed by atoms with Crippen LogP contribution in [0.15, 0.2) is 57.9 Å². The minimum Gasteiger partial charge on any atom is -0.508 e. The highest BCUT2D eigenvalue weighted by atomic mass is 79.9. The summed E-state index contributed by atoms with van der Waals surface area (Å²) in [5.74, 6) is -0.573. The maximum atomic E-state index is 12.6.